The second kappa shape index (κ2) is 15.2. The van der Waals surface area contributed by atoms with E-state index >= 15 is 0 Å². The molecule has 6 nitrogen and oxygen atoms in total. The predicted octanol–water partition coefficient (Wildman–Crippen LogP) is 17.0. The molecule has 0 saturated carbocycles. The molecule has 5 heterocycles. The number of hydrogen-bond acceptors (Lipinski definition) is 5. The molecule has 326 valence electrons. The maximum atomic E-state index is 6.30. The van der Waals surface area contributed by atoms with Crippen LogP contribution in [-0.2, 0) is 0 Å². The summed E-state index contributed by atoms with van der Waals surface area (Å²) < 4.78 is 13.6. The fourth-order valence-corrected chi connectivity index (χ4v) is 12.2. The van der Waals surface area contributed by atoms with Crippen molar-refractivity contribution in [3.63, 3.8) is 0 Å². The summed E-state index contributed by atoms with van der Waals surface area (Å²) in [7, 11) is 0. The number of thiophene rings is 1. The molecule has 0 bridgehead atoms. The van der Waals surface area contributed by atoms with Crippen LogP contribution in [0.25, 0.3) is 142 Å². The normalized spacial score (nSPS) is 12.0. The molecule has 0 saturated heterocycles. The van der Waals surface area contributed by atoms with Crippen molar-refractivity contribution in [1.29, 1.82) is 0 Å². The van der Waals surface area contributed by atoms with Crippen molar-refractivity contribution in [1.82, 2.24) is 24.1 Å². The van der Waals surface area contributed by atoms with Crippen molar-refractivity contribution in [2.75, 3.05) is 0 Å². The number of para-hydroxylation sites is 6. The van der Waals surface area contributed by atoms with Crippen LogP contribution in [0.15, 0.2) is 229 Å². The summed E-state index contributed by atoms with van der Waals surface area (Å²) in [5.74, 6) is 1.80. The average molecular weight is 912 g/mol. The van der Waals surface area contributed by atoms with Gasteiger partial charge in [-0.3, -0.25) is 0 Å². The zero-order chi connectivity index (χ0) is 45.9. The molecule has 0 aliphatic rings. The highest BCUT2D eigenvalue weighted by Gasteiger charge is 2.25. The lowest BCUT2D eigenvalue weighted by molar-refractivity contribution is 0.669. The van der Waals surface area contributed by atoms with Crippen molar-refractivity contribution in [2.24, 2.45) is 0 Å². The van der Waals surface area contributed by atoms with Gasteiger partial charge in [0, 0.05) is 74.7 Å². The summed E-state index contributed by atoms with van der Waals surface area (Å²) in [5.41, 5.74) is 13.3. The van der Waals surface area contributed by atoms with E-state index in [0.29, 0.717) is 17.5 Å². The van der Waals surface area contributed by atoms with Crippen LogP contribution in [-0.4, -0.2) is 24.1 Å². The molecule has 0 spiro atoms. The first-order valence-electron chi connectivity index (χ1n) is 23.5. The minimum absolute atomic E-state index is 0.588. The van der Waals surface area contributed by atoms with Crippen molar-refractivity contribution < 1.29 is 4.42 Å². The van der Waals surface area contributed by atoms with Gasteiger partial charge in [0.15, 0.2) is 17.5 Å². The standard InChI is InChI=1S/C63H37N5OS/c1-2-17-38(18-3-1)40-19-4-9-29-51(40)67-52-30-10-6-21-42(52)46-25-16-32-54(59(46)67)68-53-31-11-5-20-41(53)45-24-14-27-48(58(45)68)62-64-61(39-35-36-56-50(37-39)43-22-7-12-33-55(43)69-56)65-63(66-62)49-28-15-26-47-44-23-8-13-34-57(44)70-60(47)49/h1-37H. The third-order valence-corrected chi connectivity index (χ3v) is 15.2. The molecule has 0 unspecified atom stereocenters. The Bertz CT molecular complexity index is 4610. The molecule has 5 aromatic heterocycles. The molecule has 0 amide bonds. The van der Waals surface area contributed by atoms with Crippen LogP contribution in [0, 0.1) is 0 Å². The van der Waals surface area contributed by atoms with E-state index in [4.69, 9.17) is 19.4 Å². The van der Waals surface area contributed by atoms with Crippen molar-refractivity contribution >= 4 is 97.1 Å². The Morgan fingerprint density at radius 1 is 0.329 bits per heavy atom. The van der Waals surface area contributed by atoms with Gasteiger partial charge in [0.05, 0.1) is 33.4 Å². The minimum Gasteiger partial charge on any atom is -0.456 e. The Morgan fingerprint density at radius 2 is 0.871 bits per heavy atom. The van der Waals surface area contributed by atoms with Gasteiger partial charge in [-0.15, -0.1) is 11.3 Å². The summed E-state index contributed by atoms with van der Waals surface area (Å²) in [5, 5.41) is 9.09. The number of benzene rings is 10. The van der Waals surface area contributed by atoms with Crippen molar-refractivity contribution in [3.05, 3.63) is 224 Å². The molecule has 0 radical (unpaired) electrons. The van der Waals surface area contributed by atoms with Gasteiger partial charge < -0.3 is 13.6 Å². The highest BCUT2D eigenvalue weighted by Crippen LogP contribution is 2.45. The van der Waals surface area contributed by atoms with Crippen LogP contribution in [0.5, 0.6) is 0 Å². The maximum absolute atomic E-state index is 6.30. The highest BCUT2D eigenvalue weighted by molar-refractivity contribution is 7.26. The number of fused-ring (bicyclic) bond motifs is 12. The van der Waals surface area contributed by atoms with Crippen LogP contribution >= 0.6 is 11.3 Å². The van der Waals surface area contributed by atoms with E-state index in [1.807, 2.05) is 18.2 Å². The molecule has 70 heavy (non-hydrogen) atoms. The maximum Gasteiger partial charge on any atom is 0.166 e. The van der Waals surface area contributed by atoms with Gasteiger partial charge in [0.2, 0.25) is 0 Å². The number of nitrogens with zero attached hydrogens (tertiary/aromatic N) is 5. The number of furan rings is 1. The van der Waals surface area contributed by atoms with Crippen LogP contribution in [0.4, 0.5) is 0 Å². The summed E-state index contributed by atoms with van der Waals surface area (Å²) in [4.78, 5) is 16.4. The molecular formula is C63H37N5OS. The quantitative estimate of drug-likeness (QED) is 0.167. The van der Waals surface area contributed by atoms with Crippen LogP contribution in [0.2, 0.25) is 0 Å². The third kappa shape index (κ3) is 5.76. The molecule has 7 heteroatoms. The van der Waals surface area contributed by atoms with Crippen molar-refractivity contribution in [2.45, 2.75) is 0 Å². The molecule has 0 aliphatic carbocycles. The molecule has 0 fully saturated rings. The van der Waals surface area contributed by atoms with Crippen molar-refractivity contribution in [3.8, 4) is 56.7 Å². The summed E-state index contributed by atoms with van der Waals surface area (Å²) >= 11 is 1.78. The van der Waals surface area contributed by atoms with E-state index in [-0.39, 0.29) is 0 Å². The third-order valence-electron chi connectivity index (χ3n) is 14.0. The molecule has 0 N–H and O–H groups in total. The van der Waals surface area contributed by atoms with Gasteiger partial charge in [-0.05, 0) is 72.3 Å². The molecule has 0 atom stereocenters. The van der Waals surface area contributed by atoms with E-state index < -0.39 is 0 Å². The van der Waals surface area contributed by atoms with Crippen LogP contribution < -0.4 is 0 Å². The van der Waals surface area contributed by atoms with Gasteiger partial charge in [-0.1, -0.05) is 158 Å². The lowest BCUT2D eigenvalue weighted by Crippen LogP contribution is -2.04. The number of rotatable bonds is 6. The van der Waals surface area contributed by atoms with E-state index in [9.17, 15) is 0 Å². The Morgan fingerprint density at radius 3 is 1.69 bits per heavy atom. The van der Waals surface area contributed by atoms with E-state index in [2.05, 4.69) is 215 Å². The average Bonchev–Trinajstić information content (AvgIpc) is 4.19. The first-order chi connectivity index (χ1) is 34.7. The lowest BCUT2D eigenvalue weighted by Gasteiger charge is -2.18. The smallest absolute Gasteiger partial charge is 0.166 e. The predicted molar refractivity (Wildman–Crippen MR) is 290 cm³/mol. The second-order valence-electron chi connectivity index (χ2n) is 17.9. The van der Waals surface area contributed by atoms with Gasteiger partial charge >= 0.3 is 0 Å². The SMILES string of the molecule is c1ccc(-c2ccccc2-n2c3ccccc3c3cccc(-n4c5ccccc5c5cccc(-c6nc(-c7ccc8oc9ccccc9c8c7)nc(-c7cccc8c7sc7ccccc78)n6)c54)c32)cc1. The molecule has 15 aromatic rings. The van der Waals surface area contributed by atoms with Gasteiger partial charge in [0.1, 0.15) is 11.2 Å². The summed E-state index contributed by atoms with van der Waals surface area (Å²) in [6, 6.07) is 79.8. The Balaban J connectivity index is 1.04. The first kappa shape index (κ1) is 38.9. The zero-order valence-electron chi connectivity index (χ0n) is 37.4. The van der Waals surface area contributed by atoms with E-state index in [1.165, 1.54) is 26.2 Å². The van der Waals surface area contributed by atoms with E-state index in [1.54, 1.807) is 11.3 Å². The Kier molecular flexibility index (Phi) is 8.43. The molecular weight excluding hydrogens is 875 g/mol. The zero-order valence-corrected chi connectivity index (χ0v) is 38.2. The minimum atomic E-state index is 0.588. The number of aromatic nitrogens is 5. The monoisotopic (exact) mass is 911 g/mol. The van der Waals surface area contributed by atoms with Gasteiger partial charge in [-0.25, -0.2) is 15.0 Å². The topological polar surface area (TPSA) is 61.7 Å². The lowest BCUT2D eigenvalue weighted by atomic mass is 10.0. The fraction of sp³-hybridized carbons (Fsp3) is 0. The first-order valence-corrected chi connectivity index (χ1v) is 24.3. The van der Waals surface area contributed by atoms with Crippen LogP contribution in [0.3, 0.4) is 0 Å². The Hall–Kier alpha value is -9.17. The summed E-state index contributed by atoms with van der Waals surface area (Å²) in [6.45, 7) is 0. The Labute approximate surface area is 404 Å². The molecule has 0 aliphatic heterocycles. The molecule has 15 rings (SSSR count). The van der Waals surface area contributed by atoms with Gasteiger partial charge in [-0.2, -0.15) is 0 Å². The second-order valence-corrected chi connectivity index (χ2v) is 18.9. The largest absolute Gasteiger partial charge is 0.456 e. The fourth-order valence-electron chi connectivity index (χ4n) is 10.9. The van der Waals surface area contributed by atoms with E-state index in [0.717, 1.165) is 98.7 Å². The number of hydrogen-bond donors (Lipinski definition) is 0. The highest BCUT2D eigenvalue weighted by atomic mass is 32.1. The van der Waals surface area contributed by atoms with Crippen LogP contribution in [0.1, 0.15) is 0 Å². The molecule has 10 aromatic carbocycles. The van der Waals surface area contributed by atoms with Gasteiger partial charge in [0.25, 0.3) is 0 Å². The summed E-state index contributed by atoms with van der Waals surface area (Å²) in [6.07, 6.45) is 0.